The van der Waals surface area contributed by atoms with Crippen molar-refractivity contribution in [2.45, 2.75) is 51.5 Å². The number of fused-ring (bicyclic) bond motifs is 7. The number of aryl methyl sites for hydroxylation is 1. The van der Waals surface area contributed by atoms with Gasteiger partial charge in [-0.05, 0) is 85.6 Å². The summed E-state index contributed by atoms with van der Waals surface area (Å²) >= 11 is 0. The number of benzene rings is 2. The molecule has 2 saturated carbocycles. The average Bonchev–Trinajstić information content (AvgIpc) is 3.35. The number of rotatable bonds is 4. The Bertz CT molecular complexity index is 907. The van der Waals surface area contributed by atoms with Gasteiger partial charge in [0.2, 0.25) is 0 Å². The van der Waals surface area contributed by atoms with Crippen molar-refractivity contribution in [3.05, 3.63) is 59.2 Å². The van der Waals surface area contributed by atoms with Gasteiger partial charge in [0.1, 0.15) is 0 Å². The van der Waals surface area contributed by atoms with Crippen molar-refractivity contribution >= 4 is 17.4 Å². The molecule has 2 aliphatic carbocycles. The summed E-state index contributed by atoms with van der Waals surface area (Å²) in [5.41, 5.74) is 6.26. The van der Waals surface area contributed by atoms with Crippen LogP contribution in [0.15, 0.2) is 42.5 Å². The van der Waals surface area contributed by atoms with E-state index in [2.05, 4.69) is 66.2 Å². The highest BCUT2D eigenvalue weighted by Gasteiger charge is 2.53. The highest BCUT2D eigenvalue weighted by molar-refractivity contribution is 5.89. The Kier molecular flexibility index (Phi) is 4.73. The van der Waals surface area contributed by atoms with Crippen LogP contribution in [-0.4, -0.2) is 12.6 Å². The molecule has 5 atom stereocenters. The fraction of sp³-hybridized carbons (Fsp3) is 0.480. The van der Waals surface area contributed by atoms with Gasteiger partial charge in [-0.1, -0.05) is 36.8 Å². The van der Waals surface area contributed by atoms with Crippen LogP contribution in [0.2, 0.25) is 0 Å². The van der Waals surface area contributed by atoms with Crippen LogP contribution in [0.3, 0.4) is 0 Å². The van der Waals surface area contributed by atoms with E-state index in [4.69, 9.17) is 0 Å². The van der Waals surface area contributed by atoms with Gasteiger partial charge < -0.3 is 16.0 Å². The molecule has 1 heterocycles. The third-order valence-corrected chi connectivity index (χ3v) is 7.32. The summed E-state index contributed by atoms with van der Waals surface area (Å²) in [6, 6.07) is 15.7. The first-order valence-electron chi connectivity index (χ1n) is 11.2. The highest BCUT2D eigenvalue weighted by Crippen LogP contribution is 2.63. The molecule has 3 N–H and O–H groups in total. The van der Waals surface area contributed by atoms with Gasteiger partial charge in [0.05, 0.1) is 6.04 Å². The number of anilines is 2. The van der Waals surface area contributed by atoms with E-state index in [0.717, 1.165) is 23.9 Å². The van der Waals surface area contributed by atoms with E-state index in [1.54, 1.807) is 0 Å². The van der Waals surface area contributed by atoms with Gasteiger partial charge in [0.15, 0.2) is 0 Å². The van der Waals surface area contributed by atoms with Crippen LogP contribution in [0, 0.1) is 24.7 Å². The molecular weight excluding hydrogens is 358 g/mol. The number of carbonyl (C=O) groups excluding carboxylic acids is 1. The largest absolute Gasteiger partial charge is 0.378 e. The first-order valence-corrected chi connectivity index (χ1v) is 11.2. The van der Waals surface area contributed by atoms with Crippen LogP contribution >= 0.6 is 0 Å². The molecule has 4 heteroatoms. The predicted molar refractivity (Wildman–Crippen MR) is 118 cm³/mol. The normalized spacial score (nSPS) is 29.0. The zero-order valence-corrected chi connectivity index (χ0v) is 17.4. The van der Waals surface area contributed by atoms with E-state index in [0.29, 0.717) is 24.4 Å². The van der Waals surface area contributed by atoms with Crippen molar-refractivity contribution in [1.29, 1.82) is 0 Å². The summed E-state index contributed by atoms with van der Waals surface area (Å²) in [6.07, 6.45) is 5.01. The quantitative estimate of drug-likeness (QED) is 0.617. The average molecular weight is 390 g/mol. The number of urea groups is 1. The van der Waals surface area contributed by atoms with E-state index in [-0.39, 0.29) is 6.03 Å². The maximum Gasteiger partial charge on any atom is 0.319 e. The molecule has 0 saturated heterocycles. The van der Waals surface area contributed by atoms with Crippen LogP contribution in [0.4, 0.5) is 16.2 Å². The SMILES string of the molecule is CCCNC(=O)Nc1ccc2c(c1)C1C3CCC(C3)C1C(c1ccc(C)cc1)N2. The zero-order valence-electron chi connectivity index (χ0n) is 17.4. The molecule has 0 aromatic heterocycles. The Morgan fingerprint density at radius 2 is 1.90 bits per heavy atom. The van der Waals surface area contributed by atoms with Crippen LogP contribution in [0.1, 0.15) is 61.3 Å². The summed E-state index contributed by atoms with van der Waals surface area (Å²) in [6.45, 7) is 4.91. The third kappa shape index (κ3) is 3.29. The monoisotopic (exact) mass is 389 g/mol. The van der Waals surface area contributed by atoms with Gasteiger partial charge in [-0.25, -0.2) is 4.79 Å². The second-order valence-corrected chi connectivity index (χ2v) is 9.15. The second kappa shape index (κ2) is 7.40. The molecule has 2 aromatic carbocycles. The van der Waals surface area contributed by atoms with E-state index in [1.165, 1.54) is 41.6 Å². The molecule has 2 amide bonds. The molecule has 2 fully saturated rings. The molecule has 2 bridgehead atoms. The number of hydrogen-bond acceptors (Lipinski definition) is 2. The highest BCUT2D eigenvalue weighted by atomic mass is 16.2. The lowest BCUT2D eigenvalue weighted by atomic mass is 9.68. The molecule has 2 aromatic rings. The van der Waals surface area contributed by atoms with Gasteiger partial charge in [0.25, 0.3) is 0 Å². The van der Waals surface area contributed by atoms with Crippen LogP contribution in [0.5, 0.6) is 0 Å². The van der Waals surface area contributed by atoms with E-state index in [9.17, 15) is 4.79 Å². The Morgan fingerprint density at radius 1 is 1.10 bits per heavy atom. The topological polar surface area (TPSA) is 53.2 Å². The molecule has 0 spiro atoms. The summed E-state index contributed by atoms with van der Waals surface area (Å²) < 4.78 is 0. The number of carbonyl (C=O) groups is 1. The minimum absolute atomic E-state index is 0.113. The Labute approximate surface area is 173 Å². The fourth-order valence-corrected chi connectivity index (χ4v) is 6.08. The Hall–Kier alpha value is -2.49. The second-order valence-electron chi connectivity index (χ2n) is 9.15. The van der Waals surface area contributed by atoms with Gasteiger partial charge in [-0.2, -0.15) is 0 Å². The van der Waals surface area contributed by atoms with Crippen LogP contribution < -0.4 is 16.0 Å². The Balaban J connectivity index is 1.47. The molecule has 0 radical (unpaired) electrons. The summed E-state index contributed by atoms with van der Waals surface area (Å²) in [5.74, 6) is 2.83. The van der Waals surface area contributed by atoms with Gasteiger partial charge in [-0.3, -0.25) is 0 Å². The summed E-state index contributed by atoms with van der Waals surface area (Å²) in [7, 11) is 0. The third-order valence-electron chi connectivity index (χ3n) is 7.32. The lowest BCUT2D eigenvalue weighted by Gasteiger charge is -2.43. The summed E-state index contributed by atoms with van der Waals surface area (Å²) in [5, 5.41) is 9.80. The van der Waals surface area contributed by atoms with Crippen LogP contribution in [0.25, 0.3) is 0 Å². The minimum atomic E-state index is -0.113. The van der Waals surface area contributed by atoms with Crippen molar-refractivity contribution < 1.29 is 4.79 Å². The molecular formula is C25H31N3O. The number of hydrogen-bond donors (Lipinski definition) is 3. The molecule has 1 aliphatic heterocycles. The van der Waals surface area contributed by atoms with E-state index >= 15 is 0 Å². The molecule has 5 rings (SSSR count). The maximum absolute atomic E-state index is 12.1. The molecule has 29 heavy (non-hydrogen) atoms. The lowest BCUT2D eigenvalue weighted by molar-refractivity contribution is 0.247. The van der Waals surface area contributed by atoms with Crippen molar-refractivity contribution in [3.8, 4) is 0 Å². The molecule has 4 nitrogen and oxygen atoms in total. The first kappa shape index (κ1) is 18.5. The standard InChI is InChI=1S/C25H31N3O/c1-3-12-26-25(29)27-19-10-11-21-20(14-19)22-17-8-9-18(13-17)23(22)24(28-21)16-6-4-15(2)5-7-16/h4-7,10-11,14,17-18,22-24,28H,3,8-9,12-13H2,1-2H3,(H2,26,27,29). The Morgan fingerprint density at radius 3 is 2.69 bits per heavy atom. The predicted octanol–water partition coefficient (Wildman–Crippen LogP) is 5.82. The van der Waals surface area contributed by atoms with E-state index in [1.807, 2.05) is 6.07 Å². The number of nitrogens with one attached hydrogen (secondary N) is 3. The van der Waals surface area contributed by atoms with Crippen LogP contribution in [-0.2, 0) is 0 Å². The minimum Gasteiger partial charge on any atom is -0.378 e. The smallest absolute Gasteiger partial charge is 0.319 e. The van der Waals surface area contributed by atoms with Gasteiger partial charge in [0, 0.05) is 17.9 Å². The first-order chi connectivity index (χ1) is 14.1. The van der Waals surface area contributed by atoms with Crippen molar-refractivity contribution in [3.63, 3.8) is 0 Å². The lowest BCUT2D eigenvalue weighted by Crippen LogP contribution is -2.35. The molecule has 5 unspecified atom stereocenters. The van der Waals surface area contributed by atoms with E-state index < -0.39 is 0 Å². The molecule has 152 valence electrons. The van der Waals surface area contributed by atoms with Gasteiger partial charge >= 0.3 is 6.03 Å². The van der Waals surface area contributed by atoms with Crippen molar-refractivity contribution in [2.75, 3.05) is 17.2 Å². The zero-order chi connectivity index (χ0) is 20.0. The van der Waals surface area contributed by atoms with Crippen molar-refractivity contribution in [1.82, 2.24) is 5.32 Å². The fourth-order valence-electron chi connectivity index (χ4n) is 6.08. The van der Waals surface area contributed by atoms with Gasteiger partial charge in [-0.15, -0.1) is 0 Å². The van der Waals surface area contributed by atoms with Crippen molar-refractivity contribution in [2.24, 2.45) is 17.8 Å². The number of amides is 2. The summed E-state index contributed by atoms with van der Waals surface area (Å²) in [4.78, 5) is 12.1. The molecule has 3 aliphatic rings. The maximum atomic E-state index is 12.1.